The van der Waals surface area contributed by atoms with E-state index in [0.717, 1.165) is 0 Å². The predicted octanol–water partition coefficient (Wildman–Crippen LogP) is 0.935. The summed E-state index contributed by atoms with van der Waals surface area (Å²) in [6, 6.07) is 7.75. The SMILES string of the molecule is N#C/C(=N\Nc1ccc(Cl)cc1)C(=O)N[C@H]1CCS(=O)(=O)C1. The topological polar surface area (TPSA) is 111 Å². The molecule has 1 aromatic carbocycles. The second kappa shape index (κ2) is 6.77. The van der Waals surface area contributed by atoms with Crippen LogP contribution in [0.3, 0.4) is 0 Å². The first-order valence-electron chi connectivity index (χ1n) is 6.40. The molecule has 0 spiro atoms. The molecule has 1 fully saturated rings. The monoisotopic (exact) mass is 340 g/mol. The highest BCUT2D eigenvalue weighted by Crippen LogP contribution is 2.13. The fraction of sp³-hybridized carbons (Fsp3) is 0.308. The number of benzene rings is 1. The Bertz CT molecular complexity index is 738. The van der Waals surface area contributed by atoms with Gasteiger partial charge in [0.05, 0.1) is 17.2 Å². The number of amides is 1. The number of hydrazone groups is 1. The van der Waals surface area contributed by atoms with E-state index < -0.39 is 21.8 Å². The average Bonchev–Trinajstić information content (AvgIpc) is 2.80. The van der Waals surface area contributed by atoms with Gasteiger partial charge in [0, 0.05) is 11.1 Å². The lowest BCUT2D eigenvalue weighted by Gasteiger charge is -2.09. The van der Waals surface area contributed by atoms with E-state index in [4.69, 9.17) is 16.9 Å². The van der Waals surface area contributed by atoms with E-state index in [9.17, 15) is 13.2 Å². The maximum Gasteiger partial charge on any atom is 0.282 e. The van der Waals surface area contributed by atoms with Crippen LogP contribution in [0.25, 0.3) is 0 Å². The zero-order chi connectivity index (χ0) is 16.2. The summed E-state index contributed by atoms with van der Waals surface area (Å²) in [6.45, 7) is 0. The molecule has 1 aromatic rings. The lowest BCUT2D eigenvalue weighted by atomic mass is 10.2. The van der Waals surface area contributed by atoms with Crippen LogP contribution in [0, 0.1) is 11.3 Å². The minimum atomic E-state index is -3.10. The largest absolute Gasteiger partial charge is 0.346 e. The first-order valence-corrected chi connectivity index (χ1v) is 8.60. The molecular weight excluding hydrogens is 328 g/mol. The highest BCUT2D eigenvalue weighted by Gasteiger charge is 2.29. The minimum Gasteiger partial charge on any atom is -0.346 e. The van der Waals surface area contributed by atoms with Crippen LogP contribution in [0.4, 0.5) is 5.69 Å². The fourth-order valence-electron chi connectivity index (χ4n) is 1.93. The van der Waals surface area contributed by atoms with Crippen LogP contribution in [-0.2, 0) is 14.6 Å². The quantitative estimate of drug-likeness (QED) is 0.625. The Labute approximate surface area is 132 Å². The molecule has 22 heavy (non-hydrogen) atoms. The molecule has 116 valence electrons. The van der Waals surface area contributed by atoms with Crippen molar-refractivity contribution in [2.45, 2.75) is 12.5 Å². The number of carbonyl (C=O) groups excluding carboxylic acids is 1. The molecule has 1 amide bonds. The summed E-state index contributed by atoms with van der Waals surface area (Å²) >= 11 is 5.74. The second-order valence-electron chi connectivity index (χ2n) is 4.76. The molecule has 1 atom stereocenters. The van der Waals surface area contributed by atoms with E-state index in [1.54, 1.807) is 30.3 Å². The zero-order valence-electron chi connectivity index (χ0n) is 11.4. The number of carbonyl (C=O) groups is 1. The molecule has 1 aliphatic heterocycles. The van der Waals surface area contributed by atoms with Gasteiger partial charge < -0.3 is 5.32 Å². The van der Waals surface area contributed by atoms with Gasteiger partial charge in [-0.1, -0.05) is 11.6 Å². The minimum absolute atomic E-state index is 0.0417. The fourth-order valence-corrected chi connectivity index (χ4v) is 3.73. The van der Waals surface area contributed by atoms with E-state index in [-0.39, 0.29) is 17.2 Å². The lowest BCUT2D eigenvalue weighted by molar-refractivity contribution is -0.115. The first kappa shape index (κ1) is 16.3. The second-order valence-corrected chi connectivity index (χ2v) is 7.43. The average molecular weight is 341 g/mol. The number of rotatable bonds is 4. The van der Waals surface area contributed by atoms with E-state index in [1.807, 2.05) is 0 Å². The number of nitriles is 1. The number of nitrogens with one attached hydrogen (secondary N) is 2. The molecule has 2 N–H and O–H groups in total. The molecule has 1 saturated heterocycles. The van der Waals surface area contributed by atoms with Crippen LogP contribution in [-0.4, -0.2) is 37.6 Å². The van der Waals surface area contributed by atoms with Crippen molar-refractivity contribution < 1.29 is 13.2 Å². The Morgan fingerprint density at radius 3 is 2.59 bits per heavy atom. The first-order chi connectivity index (χ1) is 10.4. The maximum atomic E-state index is 11.9. The summed E-state index contributed by atoms with van der Waals surface area (Å²) in [6.07, 6.45) is 0.345. The van der Waals surface area contributed by atoms with Crippen LogP contribution in [0.2, 0.25) is 5.02 Å². The van der Waals surface area contributed by atoms with Crippen molar-refractivity contribution in [1.82, 2.24) is 5.32 Å². The van der Waals surface area contributed by atoms with Crippen LogP contribution in [0.1, 0.15) is 6.42 Å². The number of nitrogens with zero attached hydrogens (tertiary/aromatic N) is 2. The van der Waals surface area contributed by atoms with E-state index in [0.29, 0.717) is 17.1 Å². The maximum absolute atomic E-state index is 11.9. The van der Waals surface area contributed by atoms with Crippen molar-refractivity contribution in [3.63, 3.8) is 0 Å². The molecule has 9 heteroatoms. The van der Waals surface area contributed by atoms with Crippen LogP contribution in [0.5, 0.6) is 0 Å². The molecule has 0 saturated carbocycles. The Balaban J connectivity index is 1.98. The highest BCUT2D eigenvalue weighted by molar-refractivity contribution is 7.91. The van der Waals surface area contributed by atoms with Crippen molar-refractivity contribution in [3.05, 3.63) is 29.3 Å². The van der Waals surface area contributed by atoms with Crippen molar-refractivity contribution >= 4 is 38.7 Å². The van der Waals surface area contributed by atoms with Gasteiger partial charge in [0.25, 0.3) is 5.91 Å². The Morgan fingerprint density at radius 1 is 1.36 bits per heavy atom. The molecule has 0 aromatic heterocycles. The predicted molar refractivity (Wildman–Crippen MR) is 83.3 cm³/mol. The molecule has 0 unspecified atom stereocenters. The number of halogens is 1. The molecule has 0 aliphatic carbocycles. The Hall–Kier alpha value is -2.11. The summed E-state index contributed by atoms with van der Waals surface area (Å²) in [7, 11) is -3.10. The molecule has 7 nitrogen and oxygen atoms in total. The summed E-state index contributed by atoms with van der Waals surface area (Å²) in [5, 5.41) is 15.7. The summed E-state index contributed by atoms with van der Waals surface area (Å²) in [4.78, 5) is 11.9. The van der Waals surface area contributed by atoms with Gasteiger partial charge in [0.15, 0.2) is 9.84 Å². The highest BCUT2D eigenvalue weighted by atomic mass is 35.5. The number of sulfone groups is 1. The van der Waals surface area contributed by atoms with Gasteiger partial charge in [-0.15, -0.1) is 0 Å². The zero-order valence-corrected chi connectivity index (χ0v) is 13.0. The third kappa shape index (κ3) is 4.44. The smallest absolute Gasteiger partial charge is 0.282 e. The van der Waals surface area contributed by atoms with Gasteiger partial charge >= 0.3 is 0 Å². The number of hydrogen-bond donors (Lipinski definition) is 2. The number of anilines is 1. The summed E-state index contributed by atoms with van der Waals surface area (Å²) in [5.41, 5.74) is 2.76. The van der Waals surface area contributed by atoms with E-state index in [1.165, 1.54) is 0 Å². The van der Waals surface area contributed by atoms with Gasteiger partial charge in [0.1, 0.15) is 6.07 Å². The summed E-state index contributed by atoms with van der Waals surface area (Å²) in [5.74, 6) is -0.770. The van der Waals surface area contributed by atoms with E-state index >= 15 is 0 Å². The molecule has 1 aliphatic rings. The Kier molecular flexibility index (Phi) is 5.00. The van der Waals surface area contributed by atoms with Gasteiger partial charge in [0.2, 0.25) is 5.71 Å². The van der Waals surface area contributed by atoms with Crippen LogP contribution >= 0.6 is 11.6 Å². The van der Waals surface area contributed by atoms with E-state index in [2.05, 4.69) is 15.8 Å². The van der Waals surface area contributed by atoms with Crippen molar-refractivity contribution in [2.75, 3.05) is 16.9 Å². The molecular formula is C13H13ClN4O3S. The van der Waals surface area contributed by atoms with Crippen molar-refractivity contribution in [1.29, 1.82) is 5.26 Å². The van der Waals surface area contributed by atoms with Crippen LogP contribution in [0.15, 0.2) is 29.4 Å². The van der Waals surface area contributed by atoms with Gasteiger partial charge in [-0.2, -0.15) is 10.4 Å². The van der Waals surface area contributed by atoms with Gasteiger partial charge in [-0.05, 0) is 30.7 Å². The lowest BCUT2D eigenvalue weighted by Crippen LogP contribution is -2.39. The Morgan fingerprint density at radius 2 is 2.05 bits per heavy atom. The standard InChI is InChI=1S/C13H13ClN4O3S/c14-9-1-3-10(4-2-9)17-18-12(7-15)13(19)16-11-5-6-22(20,21)8-11/h1-4,11,17H,5-6,8H2,(H,16,19)/b18-12+/t11-/m0/s1. The van der Waals surface area contributed by atoms with Crippen LogP contribution < -0.4 is 10.7 Å². The van der Waals surface area contributed by atoms with Gasteiger partial charge in [-0.3, -0.25) is 10.2 Å². The number of hydrogen-bond acceptors (Lipinski definition) is 6. The molecule has 2 rings (SSSR count). The van der Waals surface area contributed by atoms with Crippen molar-refractivity contribution in [2.24, 2.45) is 5.10 Å². The molecule has 0 radical (unpaired) electrons. The van der Waals surface area contributed by atoms with Crippen molar-refractivity contribution in [3.8, 4) is 6.07 Å². The third-order valence-corrected chi connectivity index (χ3v) is 5.05. The van der Waals surface area contributed by atoms with Gasteiger partial charge in [-0.25, -0.2) is 8.42 Å². The summed E-state index contributed by atoms with van der Waals surface area (Å²) < 4.78 is 22.7. The molecule has 0 bridgehead atoms. The normalized spacial score (nSPS) is 20.2. The third-order valence-electron chi connectivity index (χ3n) is 3.03. The molecule has 1 heterocycles.